The van der Waals surface area contributed by atoms with E-state index >= 15 is 0 Å². The highest BCUT2D eigenvalue weighted by atomic mass is 32.2. The fraction of sp³-hybridized carbons (Fsp3) is 0.286. The molecule has 3 atom stereocenters. The molecular weight excluding hydrogens is 392 g/mol. The second-order valence-corrected chi connectivity index (χ2v) is 8.68. The second-order valence-electron chi connectivity index (χ2n) is 6.49. The number of rotatable bonds is 6. The monoisotopic (exact) mass is 412 g/mol. The second kappa shape index (κ2) is 8.39. The number of aliphatic hydroxyl groups is 1. The van der Waals surface area contributed by atoms with Crippen LogP contribution in [0.15, 0.2) is 71.8 Å². The molecule has 0 aromatic heterocycles. The zero-order valence-corrected chi connectivity index (χ0v) is 17.1. The van der Waals surface area contributed by atoms with Gasteiger partial charge in [0.2, 0.25) is 0 Å². The number of nitro groups is 1. The molecule has 0 saturated carbocycles. The summed E-state index contributed by atoms with van der Waals surface area (Å²) >= 11 is 2.93. The van der Waals surface area contributed by atoms with Crippen molar-refractivity contribution in [1.82, 2.24) is 0 Å². The van der Waals surface area contributed by atoms with Gasteiger partial charge in [-0.15, -0.1) is 23.5 Å². The van der Waals surface area contributed by atoms with Gasteiger partial charge in [0.25, 0.3) is 6.04 Å². The molecule has 1 N–H and O–H groups in total. The fourth-order valence-electron chi connectivity index (χ4n) is 4.00. The van der Waals surface area contributed by atoms with E-state index < -0.39 is 22.5 Å². The van der Waals surface area contributed by atoms with Gasteiger partial charge >= 0.3 is 0 Å². The molecule has 0 fully saturated rings. The van der Waals surface area contributed by atoms with E-state index in [1.807, 2.05) is 18.6 Å². The first-order valence-electron chi connectivity index (χ1n) is 8.67. The lowest BCUT2D eigenvalue weighted by Crippen LogP contribution is -2.46. The maximum atomic E-state index is 12.3. The van der Waals surface area contributed by atoms with Crippen molar-refractivity contribution in [3.8, 4) is 6.07 Å². The highest BCUT2D eigenvalue weighted by Gasteiger charge is 2.63. The molecule has 144 valence electrons. The van der Waals surface area contributed by atoms with Crippen LogP contribution in [0.25, 0.3) is 0 Å². The Balaban J connectivity index is 2.37. The summed E-state index contributed by atoms with van der Waals surface area (Å²) < 4.78 is -0.281. The minimum absolute atomic E-state index is 0.281. The standard InChI is InChI=1S/C21H20N2O3S2/c1-27-20(28-2)18-16(13-22)17(14-9-5-3-6-10-14)19(23(25)26)21(18,24)15-11-7-4-8-12-15/h3-12,17,19-20,24H,1-2H3/t17-,19+,21-/m0/s1. The third kappa shape index (κ3) is 3.22. The summed E-state index contributed by atoms with van der Waals surface area (Å²) in [7, 11) is 0. The van der Waals surface area contributed by atoms with E-state index in [0.29, 0.717) is 16.7 Å². The van der Waals surface area contributed by atoms with Crippen LogP contribution >= 0.6 is 23.5 Å². The van der Waals surface area contributed by atoms with Crippen LogP contribution in [0.3, 0.4) is 0 Å². The Morgan fingerprint density at radius 3 is 2.11 bits per heavy atom. The lowest BCUT2D eigenvalue weighted by Gasteiger charge is -2.32. The molecule has 0 heterocycles. The Hall–Kier alpha value is -2.27. The van der Waals surface area contributed by atoms with E-state index in [0.717, 1.165) is 0 Å². The van der Waals surface area contributed by atoms with E-state index in [2.05, 4.69) is 6.07 Å². The van der Waals surface area contributed by atoms with E-state index in [-0.39, 0.29) is 10.2 Å². The Kier molecular flexibility index (Phi) is 6.14. The van der Waals surface area contributed by atoms with Gasteiger partial charge in [0.05, 0.1) is 16.6 Å². The third-order valence-electron chi connectivity index (χ3n) is 5.14. The van der Waals surface area contributed by atoms with Crippen LogP contribution in [-0.4, -0.2) is 33.2 Å². The molecule has 1 aliphatic carbocycles. The van der Waals surface area contributed by atoms with Gasteiger partial charge in [-0.3, -0.25) is 10.1 Å². The zero-order valence-electron chi connectivity index (χ0n) is 15.5. The van der Waals surface area contributed by atoms with Crippen molar-refractivity contribution in [2.45, 2.75) is 22.1 Å². The van der Waals surface area contributed by atoms with Crippen LogP contribution in [-0.2, 0) is 5.60 Å². The lowest BCUT2D eigenvalue weighted by molar-refractivity contribution is -0.545. The van der Waals surface area contributed by atoms with Gasteiger partial charge in [-0.1, -0.05) is 60.7 Å². The van der Waals surface area contributed by atoms with Crippen LogP contribution in [0.1, 0.15) is 17.0 Å². The Labute approximate surface area is 172 Å². The van der Waals surface area contributed by atoms with Crippen LogP contribution < -0.4 is 0 Å². The summed E-state index contributed by atoms with van der Waals surface area (Å²) in [6.07, 6.45) is 3.76. The quantitative estimate of drug-likeness (QED) is 0.435. The molecule has 0 saturated heterocycles. The first-order valence-corrected chi connectivity index (χ1v) is 11.2. The van der Waals surface area contributed by atoms with Gasteiger partial charge < -0.3 is 5.11 Å². The molecule has 28 heavy (non-hydrogen) atoms. The smallest absolute Gasteiger partial charge is 0.260 e. The molecule has 0 spiro atoms. The maximum absolute atomic E-state index is 12.3. The van der Waals surface area contributed by atoms with Crippen LogP contribution in [0, 0.1) is 21.4 Å². The van der Waals surface area contributed by atoms with Crippen molar-refractivity contribution in [3.05, 3.63) is 93.1 Å². The van der Waals surface area contributed by atoms with Crippen molar-refractivity contribution < 1.29 is 10.0 Å². The number of thioether (sulfide) groups is 2. The minimum Gasteiger partial charge on any atom is -0.374 e. The van der Waals surface area contributed by atoms with Crippen LogP contribution in [0.4, 0.5) is 0 Å². The SMILES string of the molecule is CSC(SC)C1=C(C#N)[C@H](c2ccccc2)[C@@H]([N+](=O)[O-])[C@]1(O)c1ccccc1. The average molecular weight is 413 g/mol. The molecule has 5 nitrogen and oxygen atoms in total. The Morgan fingerprint density at radius 2 is 1.64 bits per heavy atom. The minimum atomic E-state index is -1.87. The normalized spacial score (nSPS) is 24.4. The predicted molar refractivity (Wildman–Crippen MR) is 114 cm³/mol. The largest absolute Gasteiger partial charge is 0.374 e. The summed E-state index contributed by atoms with van der Waals surface area (Å²) in [5, 5.41) is 34.2. The Bertz CT molecular complexity index is 924. The van der Waals surface area contributed by atoms with E-state index in [1.54, 1.807) is 54.6 Å². The highest BCUT2D eigenvalue weighted by Crippen LogP contribution is 2.55. The van der Waals surface area contributed by atoms with Crippen LogP contribution in [0.2, 0.25) is 0 Å². The van der Waals surface area contributed by atoms with Crippen molar-refractivity contribution in [3.63, 3.8) is 0 Å². The molecule has 7 heteroatoms. The fourth-order valence-corrected chi connectivity index (χ4v) is 5.86. The van der Waals surface area contributed by atoms with Gasteiger partial charge in [-0.25, -0.2) is 0 Å². The van der Waals surface area contributed by atoms with Crippen molar-refractivity contribution in [2.75, 3.05) is 12.5 Å². The topological polar surface area (TPSA) is 87.2 Å². The number of nitriles is 1. The molecular formula is C21H20N2O3S2. The molecule has 1 aliphatic rings. The van der Waals surface area contributed by atoms with E-state index in [9.17, 15) is 20.5 Å². The van der Waals surface area contributed by atoms with Gasteiger partial charge in [-0.2, -0.15) is 5.26 Å². The van der Waals surface area contributed by atoms with Gasteiger partial charge in [-0.05, 0) is 23.6 Å². The third-order valence-corrected chi connectivity index (χ3v) is 7.62. The summed E-state index contributed by atoms with van der Waals surface area (Å²) in [6.45, 7) is 0. The Morgan fingerprint density at radius 1 is 1.11 bits per heavy atom. The number of hydrogen-bond donors (Lipinski definition) is 1. The molecule has 3 rings (SSSR count). The molecule has 2 aromatic carbocycles. The number of nitrogens with zero attached hydrogens (tertiary/aromatic N) is 2. The number of benzene rings is 2. The molecule has 0 amide bonds. The summed E-state index contributed by atoms with van der Waals surface area (Å²) in [4.78, 5) is 11.8. The first-order chi connectivity index (χ1) is 13.5. The number of hydrogen-bond acceptors (Lipinski definition) is 6. The molecule has 0 unspecified atom stereocenters. The highest BCUT2D eigenvalue weighted by molar-refractivity contribution is 8.16. The summed E-state index contributed by atoms with van der Waals surface area (Å²) in [5.41, 5.74) is -0.0609. The molecule has 0 aliphatic heterocycles. The molecule has 0 bridgehead atoms. The lowest BCUT2D eigenvalue weighted by atomic mass is 9.80. The predicted octanol–water partition coefficient (Wildman–Crippen LogP) is 4.19. The van der Waals surface area contributed by atoms with E-state index in [1.165, 1.54) is 23.5 Å². The van der Waals surface area contributed by atoms with Crippen molar-refractivity contribution >= 4 is 23.5 Å². The van der Waals surface area contributed by atoms with Gasteiger partial charge in [0.1, 0.15) is 0 Å². The average Bonchev–Trinajstić information content (AvgIpc) is 3.00. The zero-order chi connectivity index (χ0) is 20.3. The van der Waals surface area contributed by atoms with Crippen LogP contribution in [0.5, 0.6) is 0 Å². The van der Waals surface area contributed by atoms with Crippen molar-refractivity contribution in [2.24, 2.45) is 0 Å². The van der Waals surface area contributed by atoms with Gasteiger partial charge in [0.15, 0.2) is 5.60 Å². The maximum Gasteiger partial charge on any atom is 0.260 e. The summed E-state index contributed by atoms with van der Waals surface area (Å²) in [5.74, 6) is -0.816. The molecule has 0 radical (unpaired) electrons. The van der Waals surface area contributed by atoms with E-state index in [4.69, 9.17) is 0 Å². The van der Waals surface area contributed by atoms with Crippen molar-refractivity contribution in [1.29, 1.82) is 5.26 Å². The van der Waals surface area contributed by atoms with Gasteiger partial charge in [0, 0.05) is 16.1 Å². The first kappa shape index (κ1) is 20.5. The molecule has 2 aromatic rings. The summed E-state index contributed by atoms with van der Waals surface area (Å²) in [6, 6.07) is 18.5.